The maximum atomic E-state index is 13.3. The number of anilines is 1. The van der Waals surface area contributed by atoms with Gasteiger partial charge in [0.2, 0.25) is 0 Å². The summed E-state index contributed by atoms with van der Waals surface area (Å²) in [5.74, 6) is 0.472. The topological polar surface area (TPSA) is 41.6 Å². The number of methoxy groups -OCH3 is 1. The Bertz CT molecular complexity index is 688. The lowest BCUT2D eigenvalue weighted by molar-refractivity contribution is 0.212. The van der Waals surface area contributed by atoms with Crippen LogP contribution >= 0.6 is 0 Å². The van der Waals surface area contributed by atoms with Crippen molar-refractivity contribution < 1.29 is 13.9 Å². The van der Waals surface area contributed by atoms with E-state index in [-0.39, 0.29) is 11.8 Å². The average Bonchev–Trinajstić information content (AvgIpc) is 2.52. The smallest absolute Gasteiger partial charge is 0.322 e. The molecule has 0 heterocycles. The molecule has 0 spiro atoms. The second-order valence-corrected chi connectivity index (χ2v) is 5.26. The number of aryl methyl sites for hydroxylation is 1. The number of ether oxygens (including phenoxy) is 1. The highest BCUT2D eigenvalue weighted by molar-refractivity contribution is 5.89. The van der Waals surface area contributed by atoms with Crippen LogP contribution < -0.4 is 10.1 Å². The second kappa shape index (κ2) is 7.63. The van der Waals surface area contributed by atoms with E-state index in [2.05, 4.69) is 5.32 Å². The summed E-state index contributed by atoms with van der Waals surface area (Å²) in [4.78, 5) is 14.0. The van der Waals surface area contributed by atoms with E-state index in [1.54, 1.807) is 30.2 Å². The summed E-state index contributed by atoms with van der Waals surface area (Å²) in [5.41, 5.74) is 2.40. The Balaban J connectivity index is 2.06. The maximum absolute atomic E-state index is 13.3. The van der Waals surface area contributed by atoms with E-state index in [1.807, 2.05) is 26.0 Å². The van der Waals surface area contributed by atoms with E-state index in [0.29, 0.717) is 18.8 Å². The van der Waals surface area contributed by atoms with Gasteiger partial charge in [0.25, 0.3) is 0 Å². The summed E-state index contributed by atoms with van der Waals surface area (Å²) in [6.45, 7) is 4.68. The molecule has 122 valence electrons. The third kappa shape index (κ3) is 4.45. The fourth-order valence-electron chi connectivity index (χ4n) is 2.34. The molecule has 23 heavy (non-hydrogen) atoms. The lowest BCUT2D eigenvalue weighted by Crippen LogP contribution is -2.34. The number of amides is 2. The average molecular weight is 316 g/mol. The summed E-state index contributed by atoms with van der Waals surface area (Å²) in [5, 5.41) is 2.86. The first-order valence-corrected chi connectivity index (χ1v) is 7.48. The zero-order valence-electron chi connectivity index (χ0n) is 13.6. The quantitative estimate of drug-likeness (QED) is 0.898. The zero-order chi connectivity index (χ0) is 16.8. The Morgan fingerprint density at radius 3 is 2.65 bits per heavy atom. The molecule has 2 amide bonds. The van der Waals surface area contributed by atoms with E-state index in [9.17, 15) is 9.18 Å². The van der Waals surface area contributed by atoms with Crippen LogP contribution in [0.1, 0.15) is 18.1 Å². The summed E-state index contributed by atoms with van der Waals surface area (Å²) >= 11 is 0. The molecule has 0 fully saturated rings. The molecule has 2 rings (SSSR count). The zero-order valence-corrected chi connectivity index (χ0v) is 13.6. The highest BCUT2D eigenvalue weighted by Crippen LogP contribution is 2.21. The molecule has 0 aliphatic carbocycles. The van der Waals surface area contributed by atoms with Gasteiger partial charge in [-0.1, -0.05) is 12.1 Å². The van der Waals surface area contributed by atoms with E-state index < -0.39 is 0 Å². The van der Waals surface area contributed by atoms with Gasteiger partial charge in [-0.2, -0.15) is 0 Å². The van der Waals surface area contributed by atoms with Gasteiger partial charge in [-0.05, 0) is 55.3 Å². The van der Waals surface area contributed by atoms with Crippen LogP contribution in [-0.2, 0) is 6.54 Å². The van der Waals surface area contributed by atoms with Gasteiger partial charge >= 0.3 is 6.03 Å². The van der Waals surface area contributed by atoms with Gasteiger partial charge in [0, 0.05) is 18.8 Å². The molecule has 2 aromatic rings. The number of hydrogen-bond acceptors (Lipinski definition) is 2. The van der Waals surface area contributed by atoms with Crippen LogP contribution in [-0.4, -0.2) is 24.6 Å². The monoisotopic (exact) mass is 316 g/mol. The van der Waals surface area contributed by atoms with Crippen LogP contribution in [0.25, 0.3) is 0 Å². The van der Waals surface area contributed by atoms with Crippen LogP contribution in [0.3, 0.4) is 0 Å². The van der Waals surface area contributed by atoms with Crippen molar-refractivity contribution >= 4 is 11.7 Å². The largest absolute Gasteiger partial charge is 0.496 e. The Hall–Kier alpha value is -2.56. The normalized spacial score (nSPS) is 10.3. The maximum Gasteiger partial charge on any atom is 0.322 e. The number of nitrogens with zero attached hydrogens (tertiary/aromatic N) is 1. The number of carbonyl (C=O) groups excluding carboxylic acids is 1. The number of halogens is 1. The molecule has 5 heteroatoms. The predicted molar refractivity (Wildman–Crippen MR) is 89.2 cm³/mol. The first-order chi connectivity index (χ1) is 11.0. The molecule has 2 aromatic carbocycles. The third-order valence-electron chi connectivity index (χ3n) is 3.58. The number of hydrogen-bond donors (Lipinski definition) is 1. The fourth-order valence-corrected chi connectivity index (χ4v) is 2.34. The lowest BCUT2D eigenvalue weighted by atomic mass is 10.2. The molecule has 0 saturated heterocycles. The molecule has 0 bridgehead atoms. The first-order valence-electron chi connectivity index (χ1n) is 7.48. The molecule has 0 radical (unpaired) electrons. The first kappa shape index (κ1) is 16.8. The number of nitrogens with one attached hydrogen (secondary N) is 1. The van der Waals surface area contributed by atoms with Crippen molar-refractivity contribution in [2.75, 3.05) is 19.0 Å². The minimum absolute atomic E-state index is 0.221. The van der Waals surface area contributed by atoms with Gasteiger partial charge < -0.3 is 15.0 Å². The highest BCUT2D eigenvalue weighted by Gasteiger charge is 2.13. The van der Waals surface area contributed by atoms with Gasteiger partial charge in [-0.15, -0.1) is 0 Å². The van der Waals surface area contributed by atoms with Crippen molar-refractivity contribution in [1.82, 2.24) is 4.90 Å². The van der Waals surface area contributed by atoms with Crippen molar-refractivity contribution in [3.8, 4) is 5.75 Å². The number of rotatable bonds is 5. The van der Waals surface area contributed by atoms with E-state index in [4.69, 9.17) is 4.74 Å². The number of carbonyl (C=O) groups is 1. The Morgan fingerprint density at radius 2 is 2.04 bits per heavy atom. The summed E-state index contributed by atoms with van der Waals surface area (Å²) < 4.78 is 18.5. The second-order valence-electron chi connectivity index (χ2n) is 5.26. The number of urea groups is 1. The van der Waals surface area contributed by atoms with Gasteiger partial charge in [0.05, 0.1) is 7.11 Å². The SMILES string of the molecule is CCN(Cc1cccc(F)c1)C(=O)Nc1ccc(OC)c(C)c1. The van der Waals surface area contributed by atoms with Crippen LogP contribution in [0, 0.1) is 12.7 Å². The van der Waals surface area contributed by atoms with Gasteiger partial charge in [0.15, 0.2) is 0 Å². The van der Waals surface area contributed by atoms with Crippen LogP contribution in [0.5, 0.6) is 5.75 Å². The molecule has 0 aliphatic heterocycles. The highest BCUT2D eigenvalue weighted by atomic mass is 19.1. The van der Waals surface area contributed by atoms with Crippen LogP contribution in [0.15, 0.2) is 42.5 Å². The molecule has 1 N–H and O–H groups in total. The molecular formula is C18H21FN2O2. The van der Waals surface area contributed by atoms with Crippen molar-refractivity contribution in [3.63, 3.8) is 0 Å². The molecule has 0 unspecified atom stereocenters. The summed E-state index contributed by atoms with van der Waals surface area (Å²) in [7, 11) is 1.61. The number of benzene rings is 2. The standard InChI is InChI=1S/C18H21FN2O2/c1-4-21(12-14-6-5-7-15(19)11-14)18(22)20-16-8-9-17(23-3)13(2)10-16/h5-11H,4,12H2,1-3H3,(H,20,22). The Morgan fingerprint density at radius 1 is 1.26 bits per heavy atom. The summed E-state index contributed by atoms with van der Waals surface area (Å²) in [6, 6.07) is 11.5. The Kier molecular flexibility index (Phi) is 5.57. The van der Waals surface area contributed by atoms with Crippen LogP contribution in [0.4, 0.5) is 14.9 Å². The molecule has 0 aliphatic rings. The minimum atomic E-state index is -0.301. The molecule has 0 saturated carbocycles. The third-order valence-corrected chi connectivity index (χ3v) is 3.58. The van der Waals surface area contributed by atoms with Crippen molar-refractivity contribution in [3.05, 3.63) is 59.4 Å². The van der Waals surface area contributed by atoms with E-state index in [0.717, 1.165) is 16.9 Å². The Labute approximate surface area is 135 Å². The van der Waals surface area contributed by atoms with Crippen molar-refractivity contribution in [1.29, 1.82) is 0 Å². The van der Waals surface area contributed by atoms with Gasteiger partial charge in [-0.3, -0.25) is 0 Å². The lowest BCUT2D eigenvalue weighted by Gasteiger charge is -2.22. The van der Waals surface area contributed by atoms with Gasteiger partial charge in [-0.25, -0.2) is 9.18 Å². The minimum Gasteiger partial charge on any atom is -0.496 e. The molecule has 4 nitrogen and oxygen atoms in total. The van der Waals surface area contributed by atoms with E-state index >= 15 is 0 Å². The summed E-state index contributed by atoms with van der Waals surface area (Å²) in [6.07, 6.45) is 0. The fraction of sp³-hybridized carbons (Fsp3) is 0.278. The van der Waals surface area contributed by atoms with Crippen molar-refractivity contribution in [2.45, 2.75) is 20.4 Å². The predicted octanol–water partition coefficient (Wildman–Crippen LogP) is 4.20. The molecule has 0 aromatic heterocycles. The molecule has 0 atom stereocenters. The van der Waals surface area contributed by atoms with Crippen molar-refractivity contribution in [2.24, 2.45) is 0 Å². The van der Waals surface area contributed by atoms with E-state index in [1.165, 1.54) is 12.1 Å². The van der Waals surface area contributed by atoms with Gasteiger partial charge in [0.1, 0.15) is 11.6 Å². The van der Waals surface area contributed by atoms with Crippen LogP contribution in [0.2, 0.25) is 0 Å². The molecular weight excluding hydrogens is 295 g/mol.